The zero-order valence-corrected chi connectivity index (χ0v) is 8.70. The second-order valence-corrected chi connectivity index (χ2v) is 4.27. The average molecular weight is 210 g/mol. The number of aliphatic hydroxyl groups excluding tert-OH is 1. The molecule has 0 bridgehead atoms. The Morgan fingerprint density at radius 1 is 1.43 bits per heavy atom. The van der Waals surface area contributed by atoms with Gasteiger partial charge in [0.2, 0.25) is 0 Å². The lowest BCUT2D eigenvalue weighted by molar-refractivity contribution is 0.284. The second-order valence-electron chi connectivity index (χ2n) is 3.13. The first-order valence-corrected chi connectivity index (χ1v) is 5.39. The summed E-state index contributed by atoms with van der Waals surface area (Å²) in [7, 11) is 0. The molecule has 14 heavy (non-hydrogen) atoms. The molecule has 1 nitrogen and oxygen atoms in total. The van der Waals surface area contributed by atoms with E-state index in [0.29, 0.717) is 5.39 Å². The van der Waals surface area contributed by atoms with Gasteiger partial charge in [-0.25, -0.2) is 4.39 Å². The Balaban J connectivity index is 2.81. The van der Waals surface area contributed by atoms with E-state index >= 15 is 0 Å². The van der Waals surface area contributed by atoms with E-state index in [0.717, 1.165) is 21.6 Å². The van der Waals surface area contributed by atoms with Crippen molar-refractivity contribution in [2.75, 3.05) is 0 Å². The summed E-state index contributed by atoms with van der Waals surface area (Å²) < 4.78 is 14.4. The van der Waals surface area contributed by atoms with Crippen LogP contribution >= 0.6 is 11.3 Å². The van der Waals surface area contributed by atoms with Crippen LogP contribution in [0.5, 0.6) is 0 Å². The SMILES string of the molecule is CCc1c(CO)sc2cccc(F)c12. The van der Waals surface area contributed by atoms with Gasteiger partial charge in [0.1, 0.15) is 5.82 Å². The number of halogens is 1. The number of rotatable bonds is 2. The maximum Gasteiger partial charge on any atom is 0.132 e. The molecule has 0 aliphatic heterocycles. The fourth-order valence-corrected chi connectivity index (χ4v) is 2.89. The Bertz CT molecular complexity index is 462. The fourth-order valence-electron chi connectivity index (χ4n) is 1.72. The van der Waals surface area contributed by atoms with Crippen LogP contribution in [0.2, 0.25) is 0 Å². The molecule has 1 aromatic heterocycles. The van der Waals surface area contributed by atoms with Crippen LogP contribution in [0.25, 0.3) is 10.1 Å². The Kier molecular flexibility index (Phi) is 2.52. The topological polar surface area (TPSA) is 20.2 Å². The summed E-state index contributed by atoms with van der Waals surface area (Å²) in [5.74, 6) is -0.185. The van der Waals surface area contributed by atoms with Gasteiger partial charge >= 0.3 is 0 Å². The van der Waals surface area contributed by atoms with Crippen LogP contribution in [0.3, 0.4) is 0 Å². The molecule has 0 fully saturated rings. The number of fused-ring (bicyclic) bond motifs is 1. The standard InChI is InChI=1S/C11H11FOS/c1-2-7-10(6-13)14-9-5-3-4-8(12)11(7)9/h3-5,13H,2,6H2,1H3. The van der Waals surface area contributed by atoms with Crippen molar-refractivity contribution in [3.63, 3.8) is 0 Å². The van der Waals surface area contributed by atoms with Crippen molar-refractivity contribution in [3.8, 4) is 0 Å². The highest BCUT2D eigenvalue weighted by atomic mass is 32.1. The van der Waals surface area contributed by atoms with Gasteiger partial charge in [0.15, 0.2) is 0 Å². The number of hydrogen-bond acceptors (Lipinski definition) is 2. The van der Waals surface area contributed by atoms with Crippen LogP contribution < -0.4 is 0 Å². The van der Waals surface area contributed by atoms with E-state index in [-0.39, 0.29) is 12.4 Å². The largest absolute Gasteiger partial charge is 0.391 e. The van der Waals surface area contributed by atoms with Crippen LogP contribution in [0.4, 0.5) is 4.39 Å². The molecule has 1 heterocycles. The third-order valence-electron chi connectivity index (χ3n) is 2.34. The van der Waals surface area contributed by atoms with Crippen LogP contribution in [0, 0.1) is 5.82 Å². The molecule has 0 radical (unpaired) electrons. The fraction of sp³-hybridized carbons (Fsp3) is 0.273. The Morgan fingerprint density at radius 2 is 2.21 bits per heavy atom. The smallest absolute Gasteiger partial charge is 0.132 e. The van der Waals surface area contributed by atoms with Gasteiger partial charge in [0, 0.05) is 15.0 Å². The summed E-state index contributed by atoms with van der Waals surface area (Å²) in [6, 6.07) is 5.06. The van der Waals surface area contributed by atoms with Crippen molar-refractivity contribution in [3.05, 3.63) is 34.5 Å². The predicted molar refractivity (Wildman–Crippen MR) is 57.1 cm³/mol. The predicted octanol–water partition coefficient (Wildman–Crippen LogP) is 3.10. The summed E-state index contributed by atoms with van der Waals surface area (Å²) in [5, 5.41) is 9.81. The first-order chi connectivity index (χ1) is 6.77. The third kappa shape index (κ3) is 1.33. The highest BCUT2D eigenvalue weighted by Gasteiger charge is 2.12. The minimum Gasteiger partial charge on any atom is -0.391 e. The van der Waals surface area contributed by atoms with Crippen LogP contribution in [0.1, 0.15) is 17.4 Å². The molecule has 2 aromatic rings. The van der Waals surface area contributed by atoms with Crippen molar-refractivity contribution < 1.29 is 9.50 Å². The van der Waals surface area contributed by atoms with Crippen LogP contribution in [-0.4, -0.2) is 5.11 Å². The number of aryl methyl sites for hydroxylation is 1. The van der Waals surface area contributed by atoms with Crippen molar-refractivity contribution in [1.29, 1.82) is 0 Å². The molecule has 0 saturated carbocycles. The van der Waals surface area contributed by atoms with Gasteiger partial charge in [-0.15, -0.1) is 11.3 Å². The van der Waals surface area contributed by atoms with E-state index in [1.54, 1.807) is 6.07 Å². The lowest BCUT2D eigenvalue weighted by atomic mass is 10.1. The lowest BCUT2D eigenvalue weighted by Crippen LogP contribution is -1.87. The Labute approximate surface area is 85.8 Å². The van der Waals surface area contributed by atoms with Crippen LogP contribution in [0.15, 0.2) is 18.2 Å². The molecule has 0 amide bonds. The van der Waals surface area contributed by atoms with Gasteiger partial charge in [0.25, 0.3) is 0 Å². The average Bonchev–Trinajstić information content (AvgIpc) is 2.56. The van der Waals surface area contributed by atoms with Gasteiger partial charge in [-0.05, 0) is 24.1 Å². The van der Waals surface area contributed by atoms with Gasteiger partial charge in [-0.1, -0.05) is 13.0 Å². The quantitative estimate of drug-likeness (QED) is 0.807. The minimum atomic E-state index is -0.185. The normalized spacial score (nSPS) is 11.1. The van der Waals surface area contributed by atoms with E-state index in [9.17, 15) is 4.39 Å². The molecular formula is C11H11FOS. The van der Waals surface area contributed by atoms with E-state index in [1.807, 2.05) is 13.0 Å². The second kappa shape index (κ2) is 3.67. The van der Waals surface area contributed by atoms with Gasteiger partial charge in [-0.3, -0.25) is 0 Å². The first-order valence-electron chi connectivity index (χ1n) is 4.57. The van der Waals surface area contributed by atoms with Gasteiger partial charge in [-0.2, -0.15) is 0 Å². The number of hydrogen-bond donors (Lipinski definition) is 1. The molecule has 1 aromatic carbocycles. The molecular weight excluding hydrogens is 199 g/mol. The van der Waals surface area contributed by atoms with E-state index in [4.69, 9.17) is 5.11 Å². The van der Waals surface area contributed by atoms with Crippen LogP contribution in [-0.2, 0) is 13.0 Å². The summed E-state index contributed by atoms with van der Waals surface area (Å²) in [5.41, 5.74) is 0.950. The Hall–Kier alpha value is -0.930. The summed E-state index contributed by atoms with van der Waals surface area (Å²) >= 11 is 1.47. The van der Waals surface area contributed by atoms with Gasteiger partial charge in [0.05, 0.1) is 6.61 Å². The van der Waals surface area contributed by atoms with E-state index < -0.39 is 0 Å². The van der Waals surface area contributed by atoms with Crippen molar-refractivity contribution in [1.82, 2.24) is 0 Å². The maximum absolute atomic E-state index is 13.5. The molecule has 0 spiro atoms. The molecule has 1 N–H and O–H groups in total. The van der Waals surface area contributed by atoms with Gasteiger partial charge < -0.3 is 5.11 Å². The summed E-state index contributed by atoms with van der Waals surface area (Å²) in [6.07, 6.45) is 0.761. The highest BCUT2D eigenvalue weighted by molar-refractivity contribution is 7.19. The van der Waals surface area contributed by atoms with Crippen molar-refractivity contribution in [2.45, 2.75) is 20.0 Å². The third-order valence-corrected chi connectivity index (χ3v) is 3.53. The molecule has 2 rings (SSSR count). The molecule has 74 valence electrons. The zero-order valence-electron chi connectivity index (χ0n) is 7.88. The lowest BCUT2D eigenvalue weighted by Gasteiger charge is -1.98. The molecule has 0 saturated heterocycles. The Morgan fingerprint density at radius 3 is 2.86 bits per heavy atom. The molecule has 0 atom stereocenters. The summed E-state index contributed by atoms with van der Waals surface area (Å²) in [6.45, 7) is 1.98. The number of benzene rings is 1. The monoisotopic (exact) mass is 210 g/mol. The van der Waals surface area contributed by atoms with E-state index in [2.05, 4.69) is 0 Å². The molecule has 3 heteroatoms. The first kappa shape index (κ1) is 9.62. The van der Waals surface area contributed by atoms with Crippen molar-refractivity contribution >= 4 is 21.4 Å². The molecule has 0 unspecified atom stereocenters. The van der Waals surface area contributed by atoms with Crippen molar-refractivity contribution in [2.24, 2.45) is 0 Å². The maximum atomic E-state index is 13.5. The molecule has 0 aliphatic carbocycles. The molecule has 0 aliphatic rings. The number of thiophene rings is 1. The minimum absolute atomic E-state index is 0.00194. The van der Waals surface area contributed by atoms with E-state index in [1.165, 1.54) is 17.4 Å². The summed E-state index contributed by atoms with van der Waals surface area (Å²) in [4.78, 5) is 0.882. The zero-order chi connectivity index (χ0) is 10.1. The number of aliphatic hydroxyl groups is 1. The highest BCUT2D eigenvalue weighted by Crippen LogP contribution is 2.33.